The number of halogens is 1. The van der Waals surface area contributed by atoms with Crippen LogP contribution >= 0.6 is 22.9 Å². The van der Waals surface area contributed by atoms with Crippen LogP contribution in [0.1, 0.15) is 31.2 Å². The Kier molecular flexibility index (Phi) is 3.39. The zero-order chi connectivity index (χ0) is 15.1. The number of hydrogen-bond acceptors (Lipinski definition) is 4. The van der Waals surface area contributed by atoms with Gasteiger partial charge in [0.05, 0.1) is 16.3 Å². The van der Waals surface area contributed by atoms with Crippen molar-refractivity contribution in [2.45, 2.75) is 6.42 Å². The lowest BCUT2D eigenvalue weighted by molar-refractivity contribution is -0.127. The molecule has 1 aliphatic heterocycles. The number of rotatable bonds is 2. The van der Waals surface area contributed by atoms with Gasteiger partial charge in [0, 0.05) is 18.2 Å². The molecule has 0 N–H and O–H groups in total. The van der Waals surface area contributed by atoms with Gasteiger partial charge in [-0.2, -0.15) is 0 Å². The van der Waals surface area contributed by atoms with Crippen LogP contribution in [0.25, 0.3) is 0 Å². The maximum atomic E-state index is 12.4. The van der Waals surface area contributed by atoms with Crippen molar-refractivity contribution < 1.29 is 14.4 Å². The molecule has 0 aliphatic carbocycles. The number of likely N-dealkylation sites (N-methyl/N-ethyl adjacent to an activating group) is 1. The van der Waals surface area contributed by atoms with Gasteiger partial charge in [-0.15, -0.1) is 11.3 Å². The van der Waals surface area contributed by atoms with Crippen LogP contribution in [-0.2, 0) is 11.2 Å². The average Bonchev–Trinajstić information content (AvgIpc) is 2.90. The SMILES string of the molecule is CN1C(=O)Cc2ccc(C(=O)c3sccc3Cl)cc2C1=O. The summed E-state index contributed by atoms with van der Waals surface area (Å²) in [7, 11) is 1.44. The molecule has 1 aliphatic rings. The van der Waals surface area contributed by atoms with E-state index in [2.05, 4.69) is 0 Å². The highest BCUT2D eigenvalue weighted by Crippen LogP contribution is 2.27. The normalized spacial score (nSPS) is 14.3. The number of benzene rings is 1. The maximum Gasteiger partial charge on any atom is 0.260 e. The minimum absolute atomic E-state index is 0.172. The van der Waals surface area contributed by atoms with Crippen molar-refractivity contribution >= 4 is 40.5 Å². The van der Waals surface area contributed by atoms with E-state index in [1.54, 1.807) is 29.6 Å². The molecular formula is C15H10ClNO3S. The Balaban J connectivity index is 2.04. The van der Waals surface area contributed by atoms with Gasteiger partial charge in [-0.05, 0) is 23.1 Å². The molecule has 1 aromatic carbocycles. The molecule has 0 saturated heterocycles. The maximum absolute atomic E-state index is 12.4. The number of hydrogen-bond donors (Lipinski definition) is 0. The zero-order valence-corrected chi connectivity index (χ0v) is 12.6. The highest BCUT2D eigenvalue weighted by molar-refractivity contribution is 7.13. The van der Waals surface area contributed by atoms with E-state index in [4.69, 9.17) is 11.6 Å². The Hall–Kier alpha value is -1.98. The first-order valence-corrected chi connectivity index (χ1v) is 7.46. The minimum Gasteiger partial charge on any atom is -0.288 e. The number of carbonyl (C=O) groups excluding carboxylic acids is 3. The van der Waals surface area contributed by atoms with Crippen LogP contribution in [0, 0.1) is 0 Å². The van der Waals surface area contributed by atoms with E-state index in [9.17, 15) is 14.4 Å². The molecule has 2 amide bonds. The fraction of sp³-hybridized carbons (Fsp3) is 0.133. The molecule has 0 bridgehead atoms. The van der Waals surface area contributed by atoms with Crippen molar-refractivity contribution in [3.63, 3.8) is 0 Å². The number of thiophene rings is 1. The van der Waals surface area contributed by atoms with Gasteiger partial charge in [-0.1, -0.05) is 23.7 Å². The minimum atomic E-state index is -0.381. The standard InChI is InChI=1S/C15H10ClNO3S/c1-17-12(18)7-8-2-3-9(6-10(8)15(17)20)13(19)14-11(16)4-5-21-14/h2-6H,7H2,1H3. The molecule has 0 atom stereocenters. The third-order valence-electron chi connectivity index (χ3n) is 3.45. The first-order chi connectivity index (χ1) is 9.99. The number of amides is 2. The third-order valence-corrected chi connectivity index (χ3v) is 4.79. The molecule has 2 aromatic rings. The van der Waals surface area contributed by atoms with Crippen molar-refractivity contribution in [3.8, 4) is 0 Å². The predicted octanol–water partition coefficient (Wildman–Crippen LogP) is 2.79. The lowest BCUT2D eigenvalue weighted by Crippen LogP contribution is -2.39. The smallest absolute Gasteiger partial charge is 0.260 e. The Morgan fingerprint density at radius 2 is 2.05 bits per heavy atom. The van der Waals surface area contributed by atoms with Crippen molar-refractivity contribution in [1.82, 2.24) is 4.90 Å². The van der Waals surface area contributed by atoms with Gasteiger partial charge in [-0.3, -0.25) is 19.3 Å². The molecule has 0 radical (unpaired) electrons. The highest BCUT2D eigenvalue weighted by Gasteiger charge is 2.29. The summed E-state index contributed by atoms with van der Waals surface area (Å²) in [5.41, 5.74) is 1.45. The Morgan fingerprint density at radius 3 is 2.71 bits per heavy atom. The molecule has 4 nitrogen and oxygen atoms in total. The summed E-state index contributed by atoms with van der Waals surface area (Å²) in [6, 6.07) is 6.49. The number of carbonyl (C=O) groups is 3. The van der Waals surface area contributed by atoms with Crippen LogP contribution in [0.15, 0.2) is 29.6 Å². The van der Waals surface area contributed by atoms with Crippen LogP contribution in [0.4, 0.5) is 0 Å². The first-order valence-electron chi connectivity index (χ1n) is 6.20. The van der Waals surface area contributed by atoms with Crippen LogP contribution < -0.4 is 0 Å². The summed E-state index contributed by atoms with van der Waals surface area (Å²) in [5.74, 6) is -0.841. The van der Waals surface area contributed by atoms with E-state index < -0.39 is 0 Å². The second-order valence-electron chi connectivity index (χ2n) is 4.73. The third kappa shape index (κ3) is 2.28. The molecule has 0 unspecified atom stereocenters. The summed E-state index contributed by atoms with van der Waals surface area (Å²) < 4.78 is 0. The molecule has 21 heavy (non-hydrogen) atoms. The van der Waals surface area contributed by atoms with Gasteiger partial charge in [0.15, 0.2) is 0 Å². The summed E-state index contributed by atoms with van der Waals surface area (Å²) >= 11 is 7.23. The molecular weight excluding hydrogens is 310 g/mol. The molecule has 0 spiro atoms. The quantitative estimate of drug-likeness (QED) is 0.632. The molecule has 3 rings (SSSR count). The fourth-order valence-corrected chi connectivity index (χ4v) is 3.34. The number of nitrogens with zero attached hydrogens (tertiary/aromatic N) is 1. The van der Waals surface area contributed by atoms with Gasteiger partial charge < -0.3 is 0 Å². The van der Waals surface area contributed by atoms with E-state index in [0.29, 0.717) is 26.6 Å². The second kappa shape index (κ2) is 5.09. The fourth-order valence-electron chi connectivity index (χ4n) is 2.23. The van der Waals surface area contributed by atoms with E-state index in [1.807, 2.05) is 0 Å². The van der Waals surface area contributed by atoms with Gasteiger partial charge in [0.1, 0.15) is 0 Å². The Bertz CT molecular complexity index is 781. The lowest BCUT2D eigenvalue weighted by atomic mass is 9.95. The number of fused-ring (bicyclic) bond motifs is 1. The Labute approximate surface area is 129 Å². The summed E-state index contributed by atoms with van der Waals surface area (Å²) in [5, 5.41) is 2.15. The molecule has 2 heterocycles. The molecule has 6 heteroatoms. The first kappa shape index (κ1) is 14.0. The van der Waals surface area contributed by atoms with E-state index in [1.165, 1.54) is 18.4 Å². The van der Waals surface area contributed by atoms with Crippen molar-refractivity contribution in [3.05, 3.63) is 56.2 Å². The summed E-state index contributed by atoms with van der Waals surface area (Å²) in [4.78, 5) is 37.7. The van der Waals surface area contributed by atoms with Crippen LogP contribution in [0.5, 0.6) is 0 Å². The largest absolute Gasteiger partial charge is 0.288 e. The summed E-state index contributed by atoms with van der Waals surface area (Å²) in [6.07, 6.45) is 0.172. The lowest BCUT2D eigenvalue weighted by Gasteiger charge is -2.23. The molecule has 0 fully saturated rings. The van der Waals surface area contributed by atoms with Crippen molar-refractivity contribution in [1.29, 1.82) is 0 Å². The van der Waals surface area contributed by atoms with Crippen molar-refractivity contribution in [2.24, 2.45) is 0 Å². The molecule has 1 aromatic heterocycles. The molecule has 106 valence electrons. The average molecular weight is 320 g/mol. The Morgan fingerprint density at radius 1 is 1.29 bits per heavy atom. The van der Waals surface area contributed by atoms with Gasteiger partial charge >= 0.3 is 0 Å². The topological polar surface area (TPSA) is 54.5 Å². The molecule has 0 saturated carbocycles. The monoisotopic (exact) mass is 319 g/mol. The van der Waals surface area contributed by atoms with E-state index >= 15 is 0 Å². The second-order valence-corrected chi connectivity index (χ2v) is 6.06. The van der Waals surface area contributed by atoms with Gasteiger partial charge in [0.2, 0.25) is 11.7 Å². The zero-order valence-electron chi connectivity index (χ0n) is 11.1. The highest BCUT2D eigenvalue weighted by atomic mass is 35.5. The van der Waals surface area contributed by atoms with Crippen molar-refractivity contribution in [2.75, 3.05) is 7.05 Å². The van der Waals surface area contributed by atoms with Crippen LogP contribution in [0.2, 0.25) is 5.02 Å². The van der Waals surface area contributed by atoms with Crippen LogP contribution in [-0.4, -0.2) is 29.5 Å². The van der Waals surface area contributed by atoms with E-state index in [0.717, 1.165) is 4.90 Å². The number of ketones is 1. The van der Waals surface area contributed by atoms with E-state index in [-0.39, 0.29) is 24.0 Å². The number of imide groups is 1. The van der Waals surface area contributed by atoms with Crippen LogP contribution in [0.3, 0.4) is 0 Å². The van der Waals surface area contributed by atoms with Gasteiger partial charge in [-0.25, -0.2) is 0 Å². The summed E-state index contributed by atoms with van der Waals surface area (Å²) in [6.45, 7) is 0. The predicted molar refractivity (Wildman–Crippen MR) is 80.0 cm³/mol. The van der Waals surface area contributed by atoms with Gasteiger partial charge in [0.25, 0.3) is 5.91 Å².